The van der Waals surface area contributed by atoms with Crippen LogP contribution in [0.2, 0.25) is 0 Å². The van der Waals surface area contributed by atoms with Crippen LogP contribution in [0.3, 0.4) is 0 Å². The Kier molecular flexibility index (Phi) is 14.6. The van der Waals surface area contributed by atoms with Gasteiger partial charge in [0.25, 0.3) is 5.91 Å². The molecule has 0 spiro atoms. The van der Waals surface area contributed by atoms with E-state index in [1.54, 1.807) is 13.8 Å². The molecule has 0 aliphatic heterocycles. The predicted octanol–water partition coefficient (Wildman–Crippen LogP) is 7.84. The average molecular weight is 504 g/mol. The van der Waals surface area contributed by atoms with Gasteiger partial charge in [-0.25, -0.2) is 9.18 Å². The number of amides is 1. The van der Waals surface area contributed by atoms with E-state index in [9.17, 15) is 27.2 Å². The first-order chi connectivity index (χ1) is 16.6. The van der Waals surface area contributed by atoms with E-state index in [0.717, 1.165) is 19.3 Å². The van der Waals surface area contributed by atoms with Crippen molar-refractivity contribution in [3.05, 3.63) is 35.1 Å². The largest absolute Gasteiger partial charge is 0.464 e. The summed E-state index contributed by atoms with van der Waals surface area (Å²) in [5, 5.41) is 2.33. The maximum atomic E-state index is 14.0. The number of hydrogen-bond donors (Lipinski definition) is 1. The zero-order valence-electron chi connectivity index (χ0n) is 21.3. The Morgan fingerprint density at radius 3 is 1.89 bits per heavy atom. The van der Waals surface area contributed by atoms with E-state index >= 15 is 0 Å². The first-order valence-corrected chi connectivity index (χ1v) is 12.9. The monoisotopic (exact) mass is 503 g/mol. The molecule has 35 heavy (non-hydrogen) atoms. The van der Waals surface area contributed by atoms with Crippen LogP contribution in [0.1, 0.15) is 114 Å². The van der Waals surface area contributed by atoms with Gasteiger partial charge in [-0.3, -0.25) is 4.79 Å². The highest BCUT2D eigenvalue weighted by Gasteiger charge is 2.33. The van der Waals surface area contributed by atoms with Gasteiger partial charge in [-0.2, -0.15) is 13.2 Å². The van der Waals surface area contributed by atoms with E-state index in [1.807, 2.05) is 0 Å². The van der Waals surface area contributed by atoms with Crippen molar-refractivity contribution in [2.24, 2.45) is 5.92 Å². The Labute approximate surface area is 207 Å². The molecule has 0 bridgehead atoms. The summed E-state index contributed by atoms with van der Waals surface area (Å²) in [6.45, 7) is 5.75. The van der Waals surface area contributed by atoms with Crippen LogP contribution in [0.25, 0.3) is 0 Å². The van der Waals surface area contributed by atoms with Crippen LogP contribution in [0.15, 0.2) is 18.2 Å². The normalized spacial score (nSPS) is 12.6. The highest BCUT2D eigenvalue weighted by Crippen LogP contribution is 2.30. The van der Waals surface area contributed by atoms with Crippen LogP contribution in [0.5, 0.6) is 0 Å². The van der Waals surface area contributed by atoms with Gasteiger partial charge in [0.1, 0.15) is 11.9 Å². The number of unbranched alkanes of at least 4 members (excludes halogenated alkanes) is 11. The van der Waals surface area contributed by atoms with Gasteiger partial charge in [-0.1, -0.05) is 91.4 Å². The van der Waals surface area contributed by atoms with Crippen LogP contribution in [0, 0.1) is 11.7 Å². The molecular weight excluding hydrogens is 462 g/mol. The van der Waals surface area contributed by atoms with E-state index in [1.165, 1.54) is 51.4 Å². The highest BCUT2D eigenvalue weighted by molar-refractivity contribution is 5.97. The predicted molar refractivity (Wildman–Crippen MR) is 130 cm³/mol. The Morgan fingerprint density at radius 1 is 0.886 bits per heavy atom. The molecule has 1 aromatic rings. The minimum atomic E-state index is -4.71. The van der Waals surface area contributed by atoms with E-state index in [2.05, 4.69) is 12.2 Å². The van der Waals surface area contributed by atoms with Crippen molar-refractivity contribution in [2.75, 3.05) is 6.61 Å². The highest BCUT2D eigenvalue weighted by atomic mass is 19.4. The fraction of sp³-hybridized carbons (Fsp3) is 0.704. The van der Waals surface area contributed by atoms with Gasteiger partial charge in [-0.15, -0.1) is 0 Å². The molecule has 0 radical (unpaired) electrons. The smallest absolute Gasteiger partial charge is 0.416 e. The summed E-state index contributed by atoms with van der Waals surface area (Å²) in [7, 11) is 0. The Bertz CT molecular complexity index is 765. The van der Waals surface area contributed by atoms with Crippen LogP contribution >= 0.6 is 0 Å². The summed E-state index contributed by atoms with van der Waals surface area (Å²) in [6, 6.07) is 0.511. The molecule has 0 saturated heterocycles. The Hall–Kier alpha value is -2.12. The van der Waals surface area contributed by atoms with Crippen molar-refractivity contribution in [1.29, 1.82) is 0 Å². The summed E-state index contributed by atoms with van der Waals surface area (Å²) in [5.41, 5.74) is -1.90. The van der Waals surface area contributed by atoms with Crippen LogP contribution in [-0.4, -0.2) is 24.5 Å². The molecule has 0 fully saturated rings. The molecule has 0 heterocycles. The van der Waals surface area contributed by atoms with Gasteiger partial charge in [0.2, 0.25) is 0 Å². The molecule has 1 N–H and O–H groups in total. The molecule has 0 aromatic heterocycles. The number of alkyl halides is 3. The number of ether oxygens (including phenoxy) is 1. The number of benzene rings is 1. The topological polar surface area (TPSA) is 55.4 Å². The van der Waals surface area contributed by atoms with Crippen LogP contribution < -0.4 is 5.32 Å². The summed E-state index contributed by atoms with van der Waals surface area (Å²) in [5.74, 6) is -3.25. The van der Waals surface area contributed by atoms with Gasteiger partial charge in [0.05, 0.1) is 17.7 Å². The van der Waals surface area contributed by atoms with E-state index in [-0.39, 0.29) is 12.5 Å². The second kappa shape index (κ2) is 16.5. The van der Waals surface area contributed by atoms with Crippen LogP contribution in [-0.2, 0) is 15.7 Å². The molecule has 8 heteroatoms. The lowest BCUT2D eigenvalue weighted by molar-refractivity contribution is -0.147. The Morgan fingerprint density at radius 2 is 1.40 bits per heavy atom. The van der Waals surface area contributed by atoms with Crippen LogP contribution in [0.4, 0.5) is 17.6 Å². The maximum absolute atomic E-state index is 14.0. The third-order valence-corrected chi connectivity index (χ3v) is 5.99. The van der Waals surface area contributed by atoms with Crippen molar-refractivity contribution < 1.29 is 31.9 Å². The molecule has 1 aromatic carbocycles. The number of carbonyl (C=O) groups is 2. The van der Waals surface area contributed by atoms with Gasteiger partial charge in [0, 0.05) is 0 Å². The van der Waals surface area contributed by atoms with Gasteiger partial charge < -0.3 is 10.1 Å². The number of hydrogen-bond acceptors (Lipinski definition) is 3. The van der Waals surface area contributed by atoms with Crippen molar-refractivity contribution in [3.63, 3.8) is 0 Å². The standard InChI is InChI=1S/C27H41F4NO3/c1-4-5-6-7-8-9-10-11-12-13-14-15-18-35-26(34)24(20(2)3)32-25(33)22-19-21(27(29,30)31)16-17-23(22)28/h16-17,19-20,24H,4-15,18H2,1-3H3,(H,32,33). The third-order valence-electron chi connectivity index (χ3n) is 5.99. The van der Waals surface area contributed by atoms with Gasteiger partial charge in [0.15, 0.2) is 0 Å². The van der Waals surface area contributed by atoms with E-state index < -0.39 is 41.0 Å². The second-order valence-electron chi connectivity index (χ2n) is 9.44. The Balaban J connectivity index is 2.36. The lowest BCUT2D eigenvalue weighted by Crippen LogP contribution is -2.45. The zero-order chi connectivity index (χ0) is 26.3. The minimum absolute atomic E-state index is 0.202. The van der Waals surface area contributed by atoms with E-state index in [0.29, 0.717) is 24.6 Å². The van der Waals surface area contributed by atoms with Gasteiger partial charge in [-0.05, 0) is 30.5 Å². The molecule has 200 valence electrons. The molecule has 0 saturated carbocycles. The second-order valence-corrected chi connectivity index (χ2v) is 9.44. The number of esters is 1. The third kappa shape index (κ3) is 12.4. The van der Waals surface area contributed by atoms with Crippen molar-refractivity contribution in [1.82, 2.24) is 5.32 Å². The molecule has 1 atom stereocenters. The van der Waals surface area contributed by atoms with Crippen molar-refractivity contribution in [3.8, 4) is 0 Å². The molecule has 4 nitrogen and oxygen atoms in total. The van der Waals surface area contributed by atoms with Gasteiger partial charge >= 0.3 is 12.1 Å². The fourth-order valence-electron chi connectivity index (χ4n) is 3.80. The fourth-order valence-corrected chi connectivity index (χ4v) is 3.80. The number of rotatable bonds is 17. The van der Waals surface area contributed by atoms with Crippen molar-refractivity contribution in [2.45, 2.75) is 110 Å². The number of halogens is 4. The first-order valence-electron chi connectivity index (χ1n) is 12.9. The first kappa shape index (κ1) is 30.9. The van der Waals surface area contributed by atoms with E-state index in [4.69, 9.17) is 4.74 Å². The molecule has 1 unspecified atom stereocenters. The minimum Gasteiger partial charge on any atom is -0.464 e. The molecular formula is C27H41F4NO3. The summed E-state index contributed by atoms with van der Waals surface area (Å²) < 4.78 is 58.0. The zero-order valence-corrected chi connectivity index (χ0v) is 21.3. The lowest BCUT2D eigenvalue weighted by Gasteiger charge is -2.21. The molecule has 1 amide bonds. The molecule has 1 rings (SSSR count). The lowest BCUT2D eigenvalue weighted by atomic mass is 10.0. The SMILES string of the molecule is CCCCCCCCCCCCCCOC(=O)C(NC(=O)c1cc(C(F)(F)F)ccc1F)C(C)C. The molecule has 0 aliphatic rings. The summed E-state index contributed by atoms with van der Waals surface area (Å²) >= 11 is 0. The summed E-state index contributed by atoms with van der Waals surface area (Å²) in [6.07, 6.45) is 9.43. The average Bonchev–Trinajstić information content (AvgIpc) is 2.79. The maximum Gasteiger partial charge on any atom is 0.416 e. The van der Waals surface area contributed by atoms with Crippen molar-refractivity contribution >= 4 is 11.9 Å². The quantitative estimate of drug-likeness (QED) is 0.134. The number of carbonyl (C=O) groups excluding carboxylic acids is 2. The molecule has 0 aliphatic carbocycles. The number of nitrogens with one attached hydrogen (secondary N) is 1. The summed E-state index contributed by atoms with van der Waals surface area (Å²) in [4.78, 5) is 24.9.